The number of nitrogens with one attached hydrogen (secondary N) is 2. The van der Waals surface area contributed by atoms with Crippen LogP contribution in [0.25, 0.3) is 22.2 Å². The zero-order valence-corrected chi connectivity index (χ0v) is 22.9. The Morgan fingerprint density at radius 1 is 1.07 bits per heavy atom. The van der Waals surface area contributed by atoms with Gasteiger partial charge in [0.15, 0.2) is 0 Å². The second kappa shape index (κ2) is 11.2. The quantitative estimate of drug-likeness (QED) is 0.415. The van der Waals surface area contributed by atoms with E-state index < -0.39 is 34.7 Å². The van der Waals surface area contributed by atoms with Gasteiger partial charge in [-0.25, -0.2) is 13.1 Å². The number of aromatic nitrogens is 1. The van der Waals surface area contributed by atoms with E-state index in [0.29, 0.717) is 25.7 Å². The van der Waals surface area contributed by atoms with Crippen LogP contribution in [0.3, 0.4) is 0 Å². The lowest BCUT2D eigenvalue weighted by Gasteiger charge is -2.38. The van der Waals surface area contributed by atoms with Crippen LogP contribution in [-0.2, 0) is 28.5 Å². The van der Waals surface area contributed by atoms with Crippen molar-refractivity contribution in [1.82, 2.24) is 19.5 Å². The molecule has 2 heterocycles. The van der Waals surface area contributed by atoms with Crippen molar-refractivity contribution in [2.75, 3.05) is 19.6 Å². The summed E-state index contributed by atoms with van der Waals surface area (Å²) in [5, 5.41) is 12.6. The van der Waals surface area contributed by atoms with Gasteiger partial charge in [-0.2, -0.15) is 13.2 Å². The number of halogens is 3. The largest absolute Gasteiger partial charge is 0.405 e. The number of nitrogens with zero attached hydrogens (tertiary/aromatic N) is 2. The first-order chi connectivity index (χ1) is 19.0. The average Bonchev–Trinajstić information content (AvgIpc) is 3.28. The van der Waals surface area contributed by atoms with Gasteiger partial charge in [-0.3, -0.25) is 4.79 Å². The molecule has 5 rings (SSSR count). The first kappa shape index (κ1) is 28.6. The summed E-state index contributed by atoms with van der Waals surface area (Å²) in [4.78, 5) is 14.3. The molecular weight excluding hydrogens is 545 g/mol. The minimum absolute atomic E-state index is 0.0416. The number of hydrogen-bond acceptors (Lipinski definition) is 5. The number of piperazine rings is 1. The van der Waals surface area contributed by atoms with Gasteiger partial charge in [0, 0.05) is 55.2 Å². The van der Waals surface area contributed by atoms with E-state index in [1.807, 2.05) is 41.9 Å². The summed E-state index contributed by atoms with van der Waals surface area (Å²) in [6.07, 6.45) is -2.70. The van der Waals surface area contributed by atoms with Gasteiger partial charge >= 0.3 is 6.18 Å². The van der Waals surface area contributed by atoms with Crippen molar-refractivity contribution in [2.45, 2.75) is 55.4 Å². The normalized spacial score (nSPS) is 22.5. The lowest BCUT2D eigenvalue weighted by atomic mass is 9.85. The van der Waals surface area contributed by atoms with Gasteiger partial charge in [-0.1, -0.05) is 30.3 Å². The first-order valence-electron chi connectivity index (χ1n) is 13.4. The highest BCUT2D eigenvalue weighted by Crippen LogP contribution is 2.31. The van der Waals surface area contributed by atoms with Crippen LogP contribution in [0, 0.1) is 5.92 Å². The van der Waals surface area contributed by atoms with Gasteiger partial charge in [0.05, 0.1) is 11.5 Å². The van der Waals surface area contributed by atoms with Crippen LogP contribution in [0.1, 0.15) is 31.2 Å². The molecular formula is C28H33F3N4O4S. The van der Waals surface area contributed by atoms with Gasteiger partial charge in [0.2, 0.25) is 15.9 Å². The summed E-state index contributed by atoms with van der Waals surface area (Å²) in [7, 11) is -1.96. The molecule has 8 nitrogen and oxygen atoms in total. The zero-order chi connectivity index (χ0) is 28.7. The molecule has 0 bridgehead atoms. The topological polar surface area (TPSA) is 104 Å². The van der Waals surface area contributed by atoms with Crippen molar-refractivity contribution in [3.8, 4) is 11.3 Å². The molecule has 12 heteroatoms. The predicted octanol–water partition coefficient (Wildman–Crippen LogP) is 3.54. The standard InChI is InChI=1S/C28H33F3N4O4S/c1-34-24(19-4-2-18(17-36)3-5-19)14-21-8-11-23(15-25(21)34)40(38,39)33-22-9-6-20(7-10-22)27(37)35-13-12-32-26(16-35)28(29,30)31/h2-5,8,11,14-15,20,22,26,32-33,36H,6-7,9-10,12-13,16-17H2,1H3. The Morgan fingerprint density at radius 3 is 2.42 bits per heavy atom. The second-order valence-corrected chi connectivity index (χ2v) is 12.4. The van der Waals surface area contributed by atoms with E-state index >= 15 is 0 Å². The number of rotatable bonds is 6. The SMILES string of the molecule is Cn1c(-c2ccc(CO)cc2)cc2ccc(S(=O)(=O)NC3CCC(C(=O)N4CCNC(C(F)(F)F)C4)CC3)cc21. The van der Waals surface area contributed by atoms with E-state index in [9.17, 15) is 31.5 Å². The Hall–Kier alpha value is -2.93. The number of alkyl halides is 3. The highest BCUT2D eigenvalue weighted by Gasteiger charge is 2.43. The molecule has 1 saturated carbocycles. The number of carbonyl (C=O) groups is 1. The molecule has 2 fully saturated rings. The molecule has 40 heavy (non-hydrogen) atoms. The third kappa shape index (κ3) is 5.90. The molecule has 1 aromatic heterocycles. The van der Waals surface area contributed by atoms with Crippen LogP contribution >= 0.6 is 0 Å². The number of carbonyl (C=O) groups excluding carboxylic acids is 1. The Morgan fingerprint density at radius 2 is 1.77 bits per heavy atom. The van der Waals surface area contributed by atoms with Crippen molar-refractivity contribution in [3.05, 3.63) is 54.1 Å². The van der Waals surface area contributed by atoms with Crippen LogP contribution in [0.2, 0.25) is 0 Å². The number of aliphatic hydroxyl groups is 1. The lowest BCUT2D eigenvalue weighted by Crippen LogP contribution is -2.59. The minimum Gasteiger partial charge on any atom is -0.392 e. The van der Waals surface area contributed by atoms with Gasteiger partial charge in [0.25, 0.3) is 0 Å². The zero-order valence-electron chi connectivity index (χ0n) is 22.1. The van der Waals surface area contributed by atoms with Gasteiger partial charge in [-0.15, -0.1) is 0 Å². The van der Waals surface area contributed by atoms with Crippen LogP contribution in [-0.4, -0.2) is 66.8 Å². The van der Waals surface area contributed by atoms with Crippen LogP contribution < -0.4 is 10.0 Å². The van der Waals surface area contributed by atoms with Crippen molar-refractivity contribution < 1.29 is 31.5 Å². The van der Waals surface area contributed by atoms with Crippen LogP contribution in [0.15, 0.2) is 53.4 Å². The molecule has 216 valence electrons. The van der Waals surface area contributed by atoms with E-state index in [-0.39, 0.29) is 36.5 Å². The van der Waals surface area contributed by atoms with E-state index in [1.54, 1.807) is 18.2 Å². The summed E-state index contributed by atoms with van der Waals surface area (Å²) >= 11 is 0. The number of hydrogen-bond donors (Lipinski definition) is 3. The Labute approximate surface area is 231 Å². The number of benzene rings is 2. The molecule has 1 aliphatic heterocycles. The fourth-order valence-corrected chi connectivity index (χ4v) is 7.03. The molecule has 3 N–H and O–H groups in total. The summed E-state index contributed by atoms with van der Waals surface area (Å²) in [5.41, 5.74) is 3.42. The van der Waals surface area contributed by atoms with E-state index in [4.69, 9.17) is 0 Å². The summed E-state index contributed by atoms with van der Waals surface area (Å²) < 4.78 is 70.5. The van der Waals surface area contributed by atoms with E-state index in [2.05, 4.69) is 10.0 Å². The number of aliphatic hydroxyl groups excluding tert-OH is 1. The molecule has 1 unspecified atom stereocenters. The molecule has 2 aromatic carbocycles. The summed E-state index contributed by atoms with van der Waals surface area (Å²) in [5.74, 6) is -0.689. The van der Waals surface area contributed by atoms with Gasteiger partial charge in [0.1, 0.15) is 6.04 Å². The Bertz CT molecular complexity index is 1480. The maximum absolute atomic E-state index is 13.3. The molecule has 0 radical (unpaired) electrons. The molecule has 0 spiro atoms. The number of fused-ring (bicyclic) bond motifs is 1. The smallest absolute Gasteiger partial charge is 0.392 e. The first-order valence-corrected chi connectivity index (χ1v) is 14.9. The van der Waals surface area contributed by atoms with Crippen LogP contribution in [0.4, 0.5) is 13.2 Å². The fraction of sp³-hybridized carbons (Fsp3) is 0.464. The maximum atomic E-state index is 13.3. The molecule has 2 aliphatic rings. The fourth-order valence-electron chi connectivity index (χ4n) is 5.71. The molecule has 1 atom stereocenters. The monoisotopic (exact) mass is 578 g/mol. The third-order valence-corrected chi connectivity index (χ3v) is 9.56. The van der Waals surface area contributed by atoms with Crippen molar-refractivity contribution >= 4 is 26.8 Å². The average molecular weight is 579 g/mol. The minimum atomic E-state index is -4.41. The Kier molecular flexibility index (Phi) is 7.97. The van der Waals surface area contributed by atoms with Crippen LogP contribution in [0.5, 0.6) is 0 Å². The summed E-state index contributed by atoms with van der Waals surface area (Å²) in [6.45, 7) is -0.115. The Balaban J connectivity index is 1.23. The van der Waals surface area contributed by atoms with Gasteiger partial charge in [-0.05, 0) is 55.0 Å². The van der Waals surface area contributed by atoms with Crippen molar-refractivity contribution in [2.24, 2.45) is 13.0 Å². The highest BCUT2D eigenvalue weighted by atomic mass is 32.2. The predicted molar refractivity (Wildman–Crippen MR) is 145 cm³/mol. The van der Waals surface area contributed by atoms with E-state index in [0.717, 1.165) is 27.7 Å². The maximum Gasteiger partial charge on any atom is 0.405 e. The molecule has 1 amide bonds. The number of sulfonamides is 1. The number of aryl methyl sites for hydroxylation is 1. The van der Waals surface area contributed by atoms with Gasteiger partial charge < -0.3 is 19.9 Å². The van der Waals surface area contributed by atoms with Crippen molar-refractivity contribution in [3.63, 3.8) is 0 Å². The van der Waals surface area contributed by atoms with Crippen molar-refractivity contribution in [1.29, 1.82) is 0 Å². The summed E-state index contributed by atoms with van der Waals surface area (Å²) in [6, 6.07) is 12.4. The highest BCUT2D eigenvalue weighted by molar-refractivity contribution is 7.89. The molecule has 3 aromatic rings. The third-order valence-electron chi connectivity index (χ3n) is 8.04. The molecule has 1 saturated heterocycles. The van der Waals surface area contributed by atoms with E-state index in [1.165, 1.54) is 4.90 Å². The second-order valence-electron chi connectivity index (χ2n) is 10.7. The molecule has 1 aliphatic carbocycles. The number of amides is 1. The lowest BCUT2D eigenvalue weighted by molar-refractivity contribution is -0.169.